The molecular formula is C16H14N2. The summed E-state index contributed by atoms with van der Waals surface area (Å²) in [4.78, 5) is 4.14. The van der Waals surface area contributed by atoms with Crippen molar-refractivity contribution in [3.8, 4) is 0 Å². The normalized spacial score (nSPS) is 10.7. The fraction of sp³-hybridized carbons (Fsp3) is 0.0625. The second-order valence-corrected chi connectivity index (χ2v) is 4.39. The van der Waals surface area contributed by atoms with Crippen LogP contribution in [0.1, 0.15) is 11.1 Å². The van der Waals surface area contributed by atoms with E-state index in [0.29, 0.717) is 0 Å². The molecule has 18 heavy (non-hydrogen) atoms. The van der Waals surface area contributed by atoms with Crippen LogP contribution in [0.2, 0.25) is 0 Å². The molecule has 0 radical (unpaired) electrons. The maximum atomic E-state index is 5.97. The van der Waals surface area contributed by atoms with Crippen molar-refractivity contribution in [3.05, 3.63) is 72.1 Å². The summed E-state index contributed by atoms with van der Waals surface area (Å²) in [6.07, 6.45) is 4.39. The van der Waals surface area contributed by atoms with Gasteiger partial charge in [-0.15, -0.1) is 0 Å². The zero-order valence-electron chi connectivity index (χ0n) is 10.0. The van der Waals surface area contributed by atoms with Crippen LogP contribution >= 0.6 is 0 Å². The maximum absolute atomic E-state index is 5.97. The fourth-order valence-electron chi connectivity index (χ4n) is 2.24. The number of anilines is 1. The molecule has 0 bridgehead atoms. The molecule has 88 valence electrons. The van der Waals surface area contributed by atoms with Gasteiger partial charge in [0, 0.05) is 24.5 Å². The van der Waals surface area contributed by atoms with Gasteiger partial charge in [-0.1, -0.05) is 42.5 Å². The first-order chi connectivity index (χ1) is 8.84. The number of pyridine rings is 1. The highest BCUT2D eigenvalue weighted by molar-refractivity contribution is 5.86. The Hall–Kier alpha value is -2.35. The maximum Gasteiger partial charge on any atom is 0.0380 e. The zero-order chi connectivity index (χ0) is 12.4. The highest BCUT2D eigenvalue weighted by Crippen LogP contribution is 2.22. The third kappa shape index (κ3) is 1.93. The fourth-order valence-corrected chi connectivity index (χ4v) is 2.24. The Morgan fingerprint density at radius 1 is 0.889 bits per heavy atom. The summed E-state index contributed by atoms with van der Waals surface area (Å²) in [6.45, 7) is 0. The summed E-state index contributed by atoms with van der Waals surface area (Å²) in [5.74, 6) is 0. The molecule has 0 saturated carbocycles. The molecule has 0 fully saturated rings. The first-order valence-electron chi connectivity index (χ1n) is 5.99. The van der Waals surface area contributed by atoms with E-state index in [1.165, 1.54) is 16.3 Å². The number of hydrogen-bond donors (Lipinski definition) is 1. The predicted octanol–water partition coefficient (Wildman–Crippen LogP) is 3.41. The molecule has 3 aromatic rings. The quantitative estimate of drug-likeness (QED) is 0.738. The van der Waals surface area contributed by atoms with E-state index in [1.54, 1.807) is 6.20 Å². The predicted molar refractivity (Wildman–Crippen MR) is 75.4 cm³/mol. The molecule has 0 spiro atoms. The highest BCUT2D eigenvalue weighted by Gasteiger charge is 2.04. The molecule has 0 aliphatic carbocycles. The van der Waals surface area contributed by atoms with Crippen LogP contribution in [-0.2, 0) is 6.42 Å². The minimum atomic E-state index is 0.804. The van der Waals surface area contributed by atoms with Crippen molar-refractivity contribution in [2.75, 3.05) is 5.73 Å². The SMILES string of the molecule is Nc1ccncc1Cc1cccc2ccccc12. The van der Waals surface area contributed by atoms with Crippen molar-refractivity contribution in [1.29, 1.82) is 0 Å². The van der Waals surface area contributed by atoms with Crippen molar-refractivity contribution in [1.82, 2.24) is 4.98 Å². The van der Waals surface area contributed by atoms with Crippen LogP contribution in [0.25, 0.3) is 10.8 Å². The molecule has 1 heterocycles. The van der Waals surface area contributed by atoms with E-state index in [-0.39, 0.29) is 0 Å². The lowest BCUT2D eigenvalue weighted by molar-refractivity contribution is 1.16. The smallest absolute Gasteiger partial charge is 0.0380 e. The van der Waals surface area contributed by atoms with Crippen LogP contribution in [0.5, 0.6) is 0 Å². The van der Waals surface area contributed by atoms with E-state index in [0.717, 1.165) is 17.7 Å². The topological polar surface area (TPSA) is 38.9 Å². The summed E-state index contributed by atoms with van der Waals surface area (Å²) in [7, 11) is 0. The Balaban J connectivity index is 2.08. The van der Waals surface area contributed by atoms with Gasteiger partial charge in [-0.2, -0.15) is 0 Å². The number of nitrogens with zero attached hydrogens (tertiary/aromatic N) is 1. The Bertz CT molecular complexity index is 684. The molecule has 2 heteroatoms. The van der Waals surface area contributed by atoms with E-state index in [1.807, 2.05) is 12.3 Å². The van der Waals surface area contributed by atoms with Gasteiger partial charge in [0.25, 0.3) is 0 Å². The average Bonchev–Trinajstić information content (AvgIpc) is 2.42. The van der Waals surface area contributed by atoms with Crippen LogP contribution in [0, 0.1) is 0 Å². The largest absolute Gasteiger partial charge is 0.398 e. The summed E-state index contributed by atoms with van der Waals surface area (Å²) >= 11 is 0. The minimum absolute atomic E-state index is 0.804. The first-order valence-corrected chi connectivity index (χ1v) is 5.99. The highest BCUT2D eigenvalue weighted by atomic mass is 14.7. The third-order valence-electron chi connectivity index (χ3n) is 3.20. The molecule has 0 saturated heterocycles. The van der Waals surface area contributed by atoms with Gasteiger partial charge in [0.05, 0.1) is 0 Å². The van der Waals surface area contributed by atoms with Crippen molar-refractivity contribution in [2.45, 2.75) is 6.42 Å². The second-order valence-electron chi connectivity index (χ2n) is 4.39. The van der Waals surface area contributed by atoms with Gasteiger partial charge in [0.1, 0.15) is 0 Å². The molecule has 2 aromatic carbocycles. The molecule has 2 nitrogen and oxygen atoms in total. The van der Waals surface area contributed by atoms with E-state index in [9.17, 15) is 0 Å². The number of rotatable bonds is 2. The average molecular weight is 234 g/mol. The van der Waals surface area contributed by atoms with E-state index in [2.05, 4.69) is 47.4 Å². The molecule has 0 amide bonds. The Morgan fingerprint density at radius 2 is 1.72 bits per heavy atom. The Morgan fingerprint density at radius 3 is 2.61 bits per heavy atom. The van der Waals surface area contributed by atoms with Gasteiger partial charge in [-0.25, -0.2) is 0 Å². The van der Waals surface area contributed by atoms with Crippen molar-refractivity contribution >= 4 is 16.5 Å². The molecule has 0 aliphatic heterocycles. The standard InChI is InChI=1S/C16H14N2/c17-16-8-9-18-11-14(16)10-13-6-3-5-12-4-1-2-7-15(12)13/h1-9,11H,10H2,(H2,17,18). The number of nitrogens with two attached hydrogens (primary N) is 1. The summed E-state index contributed by atoms with van der Waals surface area (Å²) in [6, 6.07) is 16.6. The lowest BCUT2D eigenvalue weighted by Crippen LogP contribution is -1.97. The van der Waals surface area contributed by atoms with Crippen molar-refractivity contribution in [2.24, 2.45) is 0 Å². The second kappa shape index (κ2) is 4.49. The van der Waals surface area contributed by atoms with Crippen LogP contribution in [0.4, 0.5) is 5.69 Å². The van der Waals surface area contributed by atoms with E-state index in [4.69, 9.17) is 5.73 Å². The number of aromatic nitrogens is 1. The third-order valence-corrected chi connectivity index (χ3v) is 3.20. The van der Waals surface area contributed by atoms with Crippen LogP contribution in [0.15, 0.2) is 60.9 Å². The van der Waals surface area contributed by atoms with Crippen LogP contribution < -0.4 is 5.73 Å². The number of hydrogen-bond acceptors (Lipinski definition) is 2. The molecule has 0 aliphatic rings. The van der Waals surface area contributed by atoms with Crippen LogP contribution in [0.3, 0.4) is 0 Å². The summed E-state index contributed by atoms with van der Waals surface area (Å²) < 4.78 is 0. The summed E-state index contributed by atoms with van der Waals surface area (Å²) in [5.41, 5.74) is 9.14. The van der Waals surface area contributed by atoms with E-state index < -0.39 is 0 Å². The van der Waals surface area contributed by atoms with Gasteiger partial charge < -0.3 is 5.73 Å². The number of nitrogen functional groups attached to an aromatic ring is 1. The van der Waals surface area contributed by atoms with Gasteiger partial charge in [-0.3, -0.25) is 4.98 Å². The minimum Gasteiger partial charge on any atom is -0.398 e. The first kappa shape index (κ1) is 10.8. The van der Waals surface area contributed by atoms with Gasteiger partial charge >= 0.3 is 0 Å². The Kier molecular flexibility index (Phi) is 2.69. The van der Waals surface area contributed by atoms with Crippen molar-refractivity contribution < 1.29 is 0 Å². The molecule has 0 atom stereocenters. The lowest BCUT2D eigenvalue weighted by Gasteiger charge is -2.08. The molecule has 2 N–H and O–H groups in total. The lowest BCUT2D eigenvalue weighted by atomic mass is 9.99. The van der Waals surface area contributed by atoms with Crippen molar-refractivity contribution in [3.63, 3.8) is 0 Å². The Labute approximate surface area is 106 Å². The summed E-state index contributed by atoms with van der Waals surface area (Å²) in [5, 5.41) is 2.54. The van der Waals surface area contributed by atoms with Crippen LogP contribution in [-0.4, -0.2) is 4.98 Å². The van der Waals surface area contributed by atoms with E-state index >= 15 is 0 Å². The molecule has 0 unspecified atom stereocenters. The molecule has 3 rings (SSSR count). The zero-order valence-corrected chi connectivity index (χ0v) is 10.0. The monoisotopic (exact) mass is 234 g/mol. The number of fused-ring (bicyclic) bond motifs is 1. The van der Waals surface area contributed by atoms with Gasteiger partial charge in [0.15, 0.2) is 0 Å². The molecule has 1 aromatic heterocycles. The van der Waals surface area contributed by atoms with Gasteiger partial charge in [0.2, 0.25) is 0 Å². The molecular weight excluding hydrogens is 220 g/mol. The van der Waals surface area contributed by atoms with Gasteiger partial charge in [-0.05, 0) is 28.0 Å². The number of benzene rings is 2.